The van der Waals surface area contributed by atoms with Crippen LogP contribution in [0.25, 0.3) is 11.0 Å². The van der Waals surface area contributed by atoms with Crippen LogP contribution in [0.3, 0.4) is 0 Å². The minimum absolute atomic E-state index is 0.399. The second-order valence-electron chi connectivity index (χ2n) is 4.33. The number of fused-ring (bicyclic) bond motifs is 1. The molecule has 4 nitrogen and oxygen atoms in total. The van der Waals surface area contributed by atoms with Gasteiger partial charge in [0.2, 0.25) is 0 Å². The molecule has 0 saturated heterocycles. The highest BCUT2D eigenvalue weighted by molar-refractivity contribution is 5.92. The lowest BCUT2D eigenvalue weighted by Crippen LogP contribution is -2.01. The normalized spacial score (nSPS) is 10.4. The summed E-state index contributed by atoms with van der Waals surface area (Å²) in [5, 5.41) is 4.05. The molecule has 0 aliphatic heterocycles. The van der Waals surface area contributed by atoms with Gasteiger partial charge in [-0.15, -0.1) is 0 Å². The molecule has 0 atom stereocenters. The molecule has 2 aromatic carbocycles. The molecular weight excluding hydrogens is 254 g/mol. The van der Waals surface area contributed by atoms with Gasteiger partial charge >= 0.3 is 5.63 Å². The third kappa shape index (κ3) is 2.36. The fraction of sp³-hybridized carbons (Fsp3) is 0.0625. The number of para-hydroxylation sites is 1. The van der Waals surface area contributed by atoms with E-state index in [0.29, 0.717) is 17.0 Å². The molecule has 1 N–H and O–H groups in total. The molecule has 0 bridgehead atoms. The zero-order chi connectivity index (χ0) is 13.9. The van der Waals surface area contributed by atoms with E-state index in [0.717, 1.165) is 11.1 Å². The van der Waals surface area contributed by atoms with E-state index >= 15 is 0 Å². The number of nitrogens with one attached hydrogen (secondary N) is 1. The molecule has 0 radical (unpaired) electrons. The van der Waals surface area contributed by atoms with E-state index in [1.54, 1.807) is 13.2 Å². The van der Waals surface area contributed by atoms with Crippen LogP contribution >= 0.6 is 0 Å². The van der Waals surface area contributed by atoms with Gasteiger partial charge in [-0.3, -0.25) is 0 Å². The van der Waals surface area contributed by atoms with Gasteiger partial charge in [0.05, 0.1) is 12.8 Å². The molecule has 0 aliphatic rings. The van der Waals surface area contributed by atoms with Crippen LogP contribution in [-0.2, 0) is 0 Å². The maximum Gasteiger partial charge on any atom is 0.338 e. The first-order chi connectivity index (χ1) is 9.76. The third-order valence-electron chi connectivity index (χ3n) is 3.00. The Morgan fingerprint density at radius 2 is 1.85 bits per heavy atom. The van der Waals surface area contributed by atoms with Crippen molar-refractivity contribution in [3.05, 3.63) is 65.0 Å². The van der Waals surface area contributed by atoms with Gasteiger partial charge in [-0.25, -0.2) is 4.79 Å². The lowest BCUT2D eigenvalue weighted by Gasteiger charge is -2.09. The van der Waals surface area contributed by atoms with Gasteiger partial charge in [0, 0.05) is 23.2 Å². The number of benzene rings is 2. The quantitative estimate of drug-likeness (QED) is 0.737. The fourth-order valence-corrected chi connectivity index (χ4v) is 2.05. The van der Waals surface area contributed by atoms with Crippen LogP contribution in [0.2, 0.25) is 0 Å². The van der Waals surface area contributed by atoms with E-state index in [1.165, 1.54) is 6.07 Å². The number of ether oxygens (including phenoxy) is 1. The molecule has 3 aromatic rings. The highest BCUT2D eigenvalue weighted by Gasteiger charge is 2.07. The molecule has 1 heterocycles. The van der Waals surface area contributed by atoms with Crippen LogP contribution in [0.15, 0.2) is 63.8 Å². The highest BCUT2D eigenvalue weighted by Crippen LogP contribution is 2.27. The van der Waals surface area contributed by atoms with Gasteiger partial charge in [0.25, 0.3) is 0 Å². The van der Waals surface area contributed by atoms with E-state index in [1.807, 2.05) is 42.5 Å². The number of anilines is 2. The van der Waals surface area contributed by atoms with Crippen LogP contribution in [0.4, 0.5) is 11.4 Å². The van der Waals surface area contributed by atoms with Crippen LogP contribution in [0.5, 0.6) is 5.75 Å². The largest absolute Gasteiger partial charge is 0.497 e. The standard InChI is InChI=1S/C16H13NO3/c1-19-12-7-8-13-14(10-16(18)20-15(13)9-12)17-11-5-3-2-4-6-11/h2-10,17H,1H3. The van der Waals surface area contributed by atoms with Crippen LogP contribution in [0.1, 0.15) is 0 Å². The van der Waals surface area contributed by atoms with Crippen LogP contribution < -0.4 is 15.7 Å². The molecule has 0 unspecified atom stereocenters. The van der Waals surface area contributed by atoms with Gasteiger partial charge in [0.15, 0.2) is 0 Å². The fourth-order valence-electron chi connectivity index (χ4n) is 2.05. The number of hydrogen-bond donors (Lipinski definition) is 1. The first-order valence-electron chi connectivity index (χ1n) is 6.20. The highest BCUT2D eigenvalue weighted by atomic mass is 16.5. The summed E-state index contributed by atoms with van der Waals surface area (Å²) in [4.78, 5) is 11.6. The second-order valence-corrected chi connectivity index (χ2v) is 4.33. The van der Waals surface area contributed by atoms with Crippen molar-refractivity contribution in [1.82, 2.24) is 0 Å². The predicted octanol–water partition coefficient (Wildman–Crippen LogP) is 3.55. The molecule has 4 heteroatoms. The number of rotatable bonds is 3. The maximum atomic E-state index is 11.6. The van der Waals surface area contributed by atoms with Gasteiger partial charge in [-0.1, -0.05) is 18.2 Å². The smallest absolute Gasteiger partial charge is 0.338 e. The van der Waals surface area contributed by atoms with Gasteiger partial charge < -0.3 is 14.5 Å². The van der Waals surface area contributed by atoms with Crippen molar-refractivity contribution in [2.24, 2.45) is 0 Å². The molecule has 3 rings (SSSR count). The predicted molar refractivity (Wildman–Crippen MR) is 78.8 cm³/mol. The van der Waals surface area contributed by atoms with Crippen molar-refractivity contribution >= 4 is 22.3 Å². The minimum atomic E-state index is -0.399. The summed E-state index contributed by atoms with van der Waals surface area (Å²) >= 11 is 0. The Morgan fingerprint density at radius 1 is 1.05 bits per heavy atom. The molecule has 0 spiro atoms. The van der Waals surface area contributed by atoms with Crippen molar-refractivity contribution in [3.63, 3.8) is 0 Å². The first kappa shape index (κ1) is 12.3. The molecular formula is C16H13NO3. The van der Waals surface area contributed by atoms with Crippen molar-refractivity contribution in [2.45, 2.75) is 0 Å². The van der Waals surface area contributed by atoms with Gasteiger partial charge in [-0.2, -0.15) is 0 Å². The van der Waals surface area contributed by atoms with Gasteiger partial charge in [0.1, 0.15) is 11.3 Å². The van der Waals surface area contributed by atoms with E-state index in [-0.39, 0.29) is 0 Å². The van der Waals surface area contributed by atoms with Crippen LogP contribution in [0, 0.1) is 0 Å². The Labute approximate surface area is 115 Å². The average Bonchev–Trinajstić information content (AvgIpc) is 2.47. The summed E-state index contributed by atoms with van der Waals surface area (Å²) < 4.78 is 10.3. The van der Waals surface area contributed by atoms with Crippen molar-refractivity contribution in [2.75, 3.05) is 12.4 Å². The lowest BCUT2D eigenvalue weighted by atomic mass is 10.2. The molecule has 0 saturated carbocycles. The minimum Gasteiger partial charge on any atom is -0.497 e. The Hall–Kier alpha value is -2.75. The lowest BCUT2D eigenvalue weighted by molar-refractivity contribution is 0.414. The molecule has 100 valence electrons. The summed E-state index contributed by atoms with van der Waals surface area (Å²) in [7, 11) is 1.57. The zero-order valence-electron chi connectivity index (χ0n) is 10.9. The SMILES string of the molecule is COc1ccc2c(Nc3ccccc3)cc(=O)oc2c1. The van der Waals surface area contributed by atoms with Crippen molar-refractivity contribution in [3.8, 4) is 5.75 Å². The summed E-state index contributed by atoms with van der Waals surface area (Å²) in [6.07, 6.45) is 0. The van der Waals surface area contributed by atoms with Crippen molar-refractivity contribution < 1.29 is 9.15 Å². The topological polar surface area (TPSA) is 51.5 Å². The number of methoxy groups -OCH3 is 1. The third-order valence-corrected chi connectivity index (χ3v) is 3.00. The van der Waals surface area contributed by atoms with E-state index in [9.17, 15) is 4.79 Å². The Balaban J connectivity index is 2.12. The molecule has 0 aliphatic carbocycles. The Kier molecular flexibility index (Phi) is 3.13. The first-order valence-corrected chi connectivity index (χ1v) is 6.20. The molecule has 0 fully saturated rings. The van der Waals surface area contributed by atoms with Crippen molar-refractivity contribution in [1.29, 1.82) is 0 Å². The van der Waals surface area contributed by atoms with Crippen LogP contribution in [-0.4, -0.2) is 7.11 Å². The summed E-state index contributed by atoms with van der Waals surface area (Å²) in [5.41, 5.74) is 1.72. The van der Waals surface area contributed by atoms with Gasteiger partial charge in [-0.05, 0) is 24.3 Å². The van der Waals surface area contributed by atoms with E-state index in [2.05, 4.69) is 5.32 Å². The summed E-state index contributed by atoms with van der Waals surface area (Å²) in [6.45, 7) is 0. The summed E-state index contributed by atoms with van der Waals surface area (Å²) in [6, 6.07) is 16.5. The summed E-state index contributed by atoms with van der Waals surface area (Å²) in [5.74, 6) is 0.650. The van der Waals surface area contributed by atoms with E-state index < -0.39 is 5.63 Å². The average molecular weight is 267 g/mol. The zero-order valence-corrected chi connectivity index (χ0v) is 10.9. The van der Waals surface area contributed by atoms with E-state index in [4.69, 9.17) is 9.15 Å². The number of hydrogen-bond acceptors (Lipinski definition) is 4. The monoisotopic (exact) mass is 267 g/mol. The maximum absolute atomic E-state index is 11.6. The molecule has 20 heavy (non-hydrogen) atoms. The molecule has 1 aromatic heterocycles. The Morgan fingerprint density at radius 3 is 2.60 bits per heavy atom. The molecule has 0 amide bonds. The second kappa shape index (κ2) is 5.09. The Bertz CT molecular complexity index is 794.